The minimum Gasteiger partial charge on any atom is -0.363 e. The maximum Gasteiger partial charge on any atom is 0.206 e. The van der Waals surface area contributed by atoms with Crippen molar-refractivity contribution >= 4 is 28.2 Å². The van der Waals surface area contributed by atoms with Crippen molar-refractivity contribution in [3.05, 3.63) is 23.9 Å². The molecule has 0 saturated carbocycles. The van der Waals surface area contributed by atoms with Crippen molar-refractivity contribution in [3.63, 3.8) is 0 Å². The number of hydrogen-bond acceptors (Lipinski definition) is 7. The molecule has 80 valence electrons. The van der Waals surface area contributed by atoms with Crippen LogP contribution in [0.4, 0.5) is 5.13 Å². The van der Waals surface area contributed by atoms with Crippen LogP contribution in [0.3, 0.4) is 0 Å². The van der Waals surface area contributed by atoms with Gasteiger partial charge in [0.15, 0.2) is 4.34 Å². The van der Waals surface area contributed by atoms with Gasteiger partial charge in [-0.2, -0.15) is 5.26 Å². The third-order valence-electron chi connectivity index (χ3n) is 1.68. The Hall–Kier alpha value is -1.65. The molecule has 7 heteroatoms. The van der Waals surface area contributed by atoms with E-state index in [1.165, 1.54) is 23.1 Å². The molecule has 0 fully saturated rings. The topological polar surface area (TPSA) is 74.5 Å². The van der Waals surface area contributed by atoms with Crippen molar-refractivity contribution < 1.29 is 0 Å². The summed E-state index contributed by atoms with van der Waals surface area (Å²) in [5, 5.41) is 21.0. The molecule has 2 heterocycles. The Morgan fingerprint density at radius 1 is 1.44 bits per heavy atom. The molecule has 0 radical (unpaired) electrons. The van der Waals surface area contributed by atoms with Gasteiger partial charge in [0.05, 0.1) is 5.56 Å². The Bertz CT molecular complexity index is 513. The highest BCUT2D eigenvalue weighted by Gasteiger charge is 2.05. The predicted octanol–water partition coefficient (Wildman–Crippen LogP) is 2.00. The fourth-order valence-corrected chi connectivity index (χ4v) is 2.54. The first kappa shape index (κ1) is 10.9. The van der Waals surface area contributed by atoms with E-state index in [1.54, 1.807) is 25.4 Å². The van der Waals surface area contributed by atoms with Crippen LogP contribution in [0.15, 0.2) is 27.7 Å². The molecule has 0 aromatic carbocycles. The number of aromatic nitrogens is 3. The molecular formula is C9H7N5S2. The van der Waals surface area contributed by atoms with Gasteiger partial charge in [-0.1, -0.05) is 11.3 Å². The summed E-state index contributed by atoms with van der Waals surface area (Å²) in [5.74, 6) is 0. The first-order valence-electron chi connectivity index (χ1n) is 4.37. The average Bonchev–Trinajstić information content (AvgIpc) is 2.78. The minimum atomic E-state index is 0.553. The SMILES string of the molecule is CNc1nnc(Sc2ccc(C#N)cn2)s1. The Balaban J connectivity index is 2.11. The number of hydrogen-bond donors (Lipinski definition) is 1. The normalized spacial score (nSPS) is 9.75. The molecule has 0 atom stereocenters. The fourth-order valence-electron chi connectivity index (χ4n) is 0.948. The van der Waals surface area contributed by atoms with E-state index >= 15 is 0 Å². The summed E-state index contributed by atoms with van der Waals surface area (Å²) in [5.41, 5.74) is 0.553. The Labute approximate surface area is 101 Å². The highest BCUT2D eigenvalue weighted by Crippen LogP contribution is 2.30. The fraction of sp³-hybridized carbons (Fsp3) is 0.111. The van der Waals surface area contributed by atoms with E-state index in [4.69, 9.17) is 5.26 Å². The molecule has 1 N–H and O–H groups in total. The molecule has 2 aromatic heterocycles. The number of nitriles is 1. The largest absolute Gasteiger partial charge is 0.363 e. The predicted molar refractivity (Wildman–Crippen MR) is 62.5 cm³/mol. The van der Waals surface area contributed by atoms with Crippen LogP contribution < -0.4 is 5.32 Å². The van der Waals surface area contributed by atoms with E-state index in [1.807, 2.05) is 6.07 Å². The lowest BCUT2D eigenvalue weighted by Crippen LogP contribution is -1.84. The highest BCUT2D eigenvalue weighted by atomic mass is 32.2. The lowest BCUT2D eigenvalue weighted by molar-refractivity contribution is 1.01. The molecule has 0 saturated heterocycles. The zero-order valence-electron chi connectivity index (χ0n) is 8.34. The Kier molecular flexibility index (Phi) is 3.34. The summed E-state index contributed by atoms with van der Waals surface area (Å²) in [6.45, 7) is 0. The van der Waals surface area contributed by atoms with Gasteiger partial charge in [-0.15, -0.1) is 10.2 Å². The van der Waals surface area contributed by atoms with Crippen LogP contribution in [0.1, 0.15) is 5.56 Å². The molecule has 2 rings (SSSR count). The number of nitrogens with one attached hydrogen (secondary N) is 1. The van der Waals surface area contributed by atoms with Crippen molar-refractivity contribution in [2.45, 2.75) is 9.37 Å². The zero-order chi connectivity index (χ0) is 11.4. The van der Waals surface area contributed by atoms with Crippen LogP contribution in [0, 0.1) is 11.3 Å². The van der Waals surface area contributed by atoms with E-state index in [-0.39, 0.29) is 0 Å². The van der Waals surface area contributed by atoms with Gasteiger partial charge in [-0.25, -0.2) is 4.98 Å². The van der Waals surface area contributed by atoms with Gasteiger partial charge in [-0.05, 0) is 23.9 Å². The van der Waals surface area contributed by atoms with E-state index in [9.17, 15) is 0 Å². The molecular weight excluding hydrogens is 242 g/mol. The first-order valence-corrected chi connectivity index (χ1v) is 6.00. The molecule has 0 aliphatic heterocycles. The number of nitrogens with zero attached hydrogens (tertiary/aromatic N) is 4. The molecule has 0 spiro atoms. The summed E-state index contributed by atoms with van der Waals surface area (Å²) in [7, 11) is 1.80. The smallest absolute Gasteiger partial charge is 0.206 e. The Morgan fingerprint density at radius 2 is 2.31 bits per heavy atom. The van der Waals surface area contributed by atoms with Gasteiger partial charge in [0.2, 0.25) is 5.13 Å². The number of rotatable bonds is 3. The zero-order valence-corrected chi connectivity index (χ0v) is 9.97. The monoisotopic (exact) mass is 249 g/mol. The second-order valence-corrected chi connectivity index (χ2v) is 4.97. The van der Waals surface area contributed by atoms with Crippen molar-refractivity contribution in [2.24, 2.45) is 0 Å². The number of pyridine rings is 1. The van der Waals surface area contributed by atoms with Crippen LogP contribution in [0.2, 0.25) is 0 Å². The van der Waals surface area contributed by atoms with Crippen molar-refractivity contribution in [3.8, 4) is 6.07 Å². The highest BCUT2D eigenvalue weighted by molar-refractivity contribution is 8.01. The van der Waals surface area contributed by atoms with Crippen LogP contribution in [-0.2, 0) is 0 Å². The van der Waals surface area contributed by atoms with Crippen LogP contribution in [-0.4, -0.2) is 22.2 Å². The standard InChI is InChI=1S/C9H7N5S2/c1-11-8-13-14-9(16-8)15-7-3-2-6(4-10)5-12-7/h2-3,5H,1H3,(H,11,13). The summed E-state index contributed by atoms with van der Waals surface area (Å²) in [4.78, 5) is 4.14. The van der Waals surface area contributed by atoms with Gasteiger partial charge >= 0.3 is 0 Å². The molecule has 16 heavy (non-hydrogen) atoms. The summed E-state index contributed by atoms with van der Waals surface area (Å²) in [6.07, 6.45) is 1.54. The third-order valence-corrected chi connectivity index (χ3v) is 3.62. The molecule has 0 amide bonds. The van der Waals surface area contributed by atoms with E-state index in [2.05, 4.69) is 20.5 Å². The maximum absolute atomic E-state index is 8.63. The van der Waals surface area contributed by atoms with Crippen molar-refractivity contribution in [1.29, 1.82) is 5.26 Å². The quantitative estimate of drug-likeness (QED) is 0.896. The number of anilines is 1. The average molecular weight is 249 g/mol. The summed E-state index contributed by atoms with van der Waals surface area (Å²) in [6, 6.07) is 5.55. The van der Waals surface area contributed by atoms with Gasteiger partial charge in [0.25, 0.3) is 0 Å². The second-order valence-electron chi connectivity index (χ2n) is 2.72. The summed E-state index contributed by atoms with van der Waals surface area (Å²) >= 11 is 2.89. The van der Waals surface area contributed by atoms with E-state index in [0.717, 1.165) is 14.5 Å². The minimum absolute atomic E-state index is 0.553. The lowest BCUT2D eigenvalue weighted by Gasteiger charge is -1.94. The molecule has 2 aromatic rings. The van der Waals surface area contributed by atoms with E-state index < -0.39 is 0 Å². The third kappa shape index (κ3) is 2.48. The molecule has 0 unspecified atom stereocenters. The van der Waals surface area contributed by atoms with Crippen molar-refractivity contribution in [1.82, 2.24) is 15.2 Å². The summed E-state index contributed by atoms with van der Waals surface area (Å²) < 4.78 is 0.821. The molecule has 5 nitrogen and oxygen atoms in total. The van der Waals surface area contributed by atoms with Gasteiger partial charge in [0.1, 0.15) is 11.1 Å². The van der Waals surface area contributed by atoms with Gasteiger partial charge in [-0.3, -0.25) is 0 Å². The molecule has 0 aliphatic rings. The second kappa shape index (κ2) is 4.92. The van der Waals surface area contributed by atoms with Crippen LogP contribution in [0.5, 0.6) is 0 Å². The van der Waals surface area contributed by atoms with E-state index in [0.29, 0.717) is 5.56 Å². The van der Waals surface area contributed by atoms with Crippen molar-refractivity contribution in [2.75, 3.05) is 12.4 Å². The van der Waals surface area contributed by atoms with Crippen LogP contribution >= 0.6 is 23.1 Å². The molecule has 0 bridgehead atoms. The Morgan fingerprint density at radius 3 is 2.88 bits per heavy atom. The maximum atomic E-state index is 8.63. The molecule has 0 aliphatic carbocycles. The van der Waals surface area contributed by atoms with Gasteiger partial charge < -0.3 is 5.32 Å². The first-order chi connectivity index (χ1) is 7.81. The van der Waals surface area contributed by atoms with Gasteiger partial charge in [0, 0.05) is 13.2 Å². The lowest BCUT2D eigenvalue weighted by atomic mass is 10.3. The van der Waals surface area contributed by atoms with Crippen LogP contribution in [0.25, 0.3) is 0 Å².